The fourth-order valence-corrected chi connectivity index (χ4v) is 2.29. The zero-order valence-electron chi connectivity index (χ0n) is 12.7. The molecule has 0 spiro atoms. The highest BCUT2D eigenvalue weighted by Crippen LogP contribution is 2.16. The van der Waals surface area contributed by atoms with Crippen LogP contribution in [0.1, 0.15) is 23.6 Å². The van der Waals surface area contributed by atoms with Crippen molar-refractivity contribution in [3.8, 4) is 0 Å². The average Bonchev–Trinajstić information content (AvgIpc) is 2.50. The van der Waals surface area contributed by atoms with Crippen LogP contribution in [0.5, 0.6) is 0 Å². The van der Waals surface area contributed by atoms with E-state index >= 15 is 0 Å². The summed E-state index contributed by atoms with van der Waals surface area (Å²) < 4.78 is 0. The van der Waals surface area contributed by atoms with Gasteiger partial charge in [-0.2, -0.15) is 0 Å². The zero-order chi connectivity index (χ0) is 15.2. The first-order valence-corrected chi connectivity index (χ1v) is 7.29. The summed E-state index contributed by atoms with van der Waals surface area (Å²) in [5.41, 5.74) is 9.83. The number of hydrogen-bond acceptors (Lipinski definition) is 2. The third-order valence-corrected chi connectivity index (χ3v) is 3.58. The van der Waals surface area contributed by atoms with Crippen molar-refractivity contribution in [2.24, 2.45) is 5.73 Å². The van der Waals surface area contributed by atoms with E-state index in [-0.39, 0.29) is 5.91 Å². The lowest BCUT2D eigenvalue weighted by Crippen LogP contribution is -2.31. The van der Waals surface area contributed by atoms with Crippen molar-refractivity contribution in [2.75, 3.05) is 11.4 Å². The van der Waals surface area contributed by atoms with E-state index in [2.05, 4.69) is 0 Å². The molecule has 2 aromatic rings. The summed E-state index contributed by atoms with van der Waals surface area (Å²) in [5.74, 6) is 0.113. The number of likely N-dealkylation sites (N-methyl/N-ethyl adjacent to an activating group) is 1. The van der Waals surface area contributed by atoms with Crippen LogP contribution in [0.2, 0.25) is 0 Å². The summed E-state index contributed by atoms with van der Waals surface area (Å²) in [6.45, 7) is 5.23. The number of nitrogens with zero attached hydrogens (tertiary/aromatic N) is 1. The highest BCUT2D eigenvalue weighted by atomic mass is 16.2. The smallest absolute Gasteiger partial charge is 0.231 e. The third kappa shape index (κ3) is 3.92. The first-order valence-electron chi connectivity index (χ1n) is 7.29. The van der Waals surface area contributed by atoms with Crippen LogP contribution in [0.3, 0.4) is 0 Å². The Morgan fingerprint density at radius 1 is 1.00 bits per heavy atom. The van der Waals surface area contributed by atoms with Gasteiger partial charge in [0.2, 0.25) is 5.91 Å². The van der Waals surface area contributed by atoms with Crippen molar-refractivity contribution in [1.82, 2.24) is 0 Å². The van der Waals surface area contributed by atoms with E-state index in [4.69, 9.17) is 5.73 Å². The minimum absolute atomic E-state index is 0.113. The largest absolute Gasteiger partial charge is 0.326 e. The van der Waals surface area contributed by atoms with E-state index in [0.717, 1.165) is 16.8 Å². The first kappa shape index (κ1) is 15.3. The number of amides is 1. The summed E-state index contributed by atoms with van der Waals surface area (Å²) in [6, 6.07) is 16.0. The van der Waals surface area contributed by atoms with Gasteiger partial charge in [0.1, 0.15) is 0 Å². The van der Waals surface area contributed by atoms with Crippen LogP contribution in [0.25, 0.3) is 0 Å². The van der Waals surface area contributed by atoms with Gasteiger partial charge in [-0.05, 0) is 37.1 Å². The number of anilines is 1. The molecule has 0 atom stereocenters. The second-order valence-electron chi connectivity index (χ2n) is 5.17. The molecule has 0 aliphatic carbocycles. The minimum Gasteiger partial charge on any atom is -0.326 e. The first-order chi connectivity index (χ1) is 10.1. The predicted octanol–water partition coefficient (Wildman–Crippen LogP) is 3.05. The molecule has 0 heterocycles. The number of nitrogens with two attached hydrogens (primary N) is 1. The minimum atomic E-state index is 0.113. The number of carbonyl (C=O) groups excluding carboxylic acids is 1. The van der Waals surface area contributed by atoms with E-state index in [1.807, 2.05) is 67.3 Å². The van der Waals surface area contributed by atoms with E-state index in [1.165, 1.54) is 5.56 Å². The topological polar surface area (TPSA) is 46.3 Å². The lowest BCUT2D eigenvalue weighted by atomic mass is 10.1. The fraction of sp³-hybridized carbons (Fsp3) is 0.278. The molecule has 2 rings (SSSR count). The fourth-order valence-electron chi connectivity index (χ4n) is 2.29. The maximum atomic E-state index is 12.5. The van der Waals surface area contributed by atoms with Crippen molar-refractivity contribution in [3.63, 3.8) is 0 Å². The van der Waals surface area contributed by atoms with Crippen LogP contribution in [-0.2, 0) is 17.8 Å². The Hall–Kier alpha value is -2.13. The van der Waals surface area contributed by atoms with Crippen LogP contribution >= 0.6 is 0 Å². The molecule has 0 saturated heterocycles. The monoisotopic (exact) mass is 282 g/mol. The third-order valence-electron chi connectivity index (χ3n) is 3.58. The lowest BCUT2D eigenvalue weighted by molar-refractivity contribution is -0.117. The standard InChI is InChI=1S/C18H22N2O/c1-3-20(17-10-4-14(2)5-11-17)18(21)12-15-6-8-16(13-19)9-7-15/h4-11H,3,12-13,19H2,1-2H3. The Morgan fingerprint density at radius 3 is 2.10 bits per heavy atom. The maximum absolute atomic E-state index is 12.5. The van der Waals surface area contributed by atoms with Crippen LogP contribution < -0.4 is 10.6 Å². The average molecular weight is 282 g/mol. The van der Waals surface area contributed by atoms with Gasteiger partial charge in [-0.15, -0.1) is 0 Å². The van der Waals surface area contributed by atoms with Gasteiger partial charge in [0, 0.05) is 18.8 Å². The second-order valence-corrected chi connectivity index (χ2v) is 5.17. The van der Waals surface area contributed by atoms with Crippen molar-refractivity contribution in [2.45, 2.75) is 26.8 Å². The normalized spacial score (nSPS) is 10.4. The molecular formula is C18H22N2O. The molecule has 0 fully saturated rings. The molecule has 2 aromatic carbocycles. The van der Waals surface area contributed by atoms with Gasteiger partial charge < -0.3 is 10.6 Å². The number of rotatable bonds is 5. The van der Waals surface area contributed by atoms with Crippen molar-refractivity contribution >= 4 is 11.6 Å². The van der Waals surface area contributed by atoms with E-state index in [0.29, 0.717) is 19.5 Å². The predicted molar refractivity (Wildman–Crippen MR) is 87.2 cm³/mol. The van der Waals surface area contributed by atoms with Crippen LogP contribution in [0.4, 0.5) is 5.69 Å². The van der Waals surface area contributed by atoms with Crippen LogP contribution in [-0.4, -0.2) is 12.5 Å². The highest BCUT2D eigenvalue weighted by molar-refractivity contribution is 5.94. The lowest BCUT2D eigenvalue weighted by Gasteiger charge is -2.21. The van der Waals surface area contributed by atoms with Gasteiger partial charge in [-0.3, -0.25) is 4.79 Å². The highest BCUT2D eigenvalue weighted by Gasteiger charge is 2.14. The zero-order valence-corrected chi connectivity index (χ0v) is 12.7. The van der Waals surface area contributed by atoms with Gasteiger partial charge in [0.25, 0.3) is 0 Å². The molecule has 0 unspecified atom stereocenters. The van der Waals surface area contributed by atoms with Gasteiger partial charge in [-0.1, -0.05) is 42.0 Å². The number of carbonyl (C=O) groups is 1. The number of benzene rings is 2. The Morgan fingerprint density at radius 2 is 1.57 bits per heavy atom. The quantitative estimate of drug-likeness (QED) is 0.916. The second kappa shape index (κ2) is 7.04. The van der Waals surface area contributed by atoms with E-state index in [1.54, 1.807) is 0 Å². The molecule has 110 valence electrons. The molecule has 3 nitrogen and oxygen atoms in total. The maximum Gasteiger partial charge on any atom is 0.231 e. The van der Waals surface area contributed by atoms with Gasteiger partial charge in [0.05, 0.1) is 6.42 Å². The molecule has 0 aromatic heterocycles. The van der Waals surface area contributed by atoms with Crippen molar-refractivity contribution < 1.29 is 4.79 Å². The Balaban J connectivity index is 2.10. The number of hydrogen-bond donors (Lipinski definition) is 1. The van der Waals surface area contributed by atoms with Gasteiger partial charge in [0.15, 0.2) is 0 Å². The van der Waals surface area contributed by atoms with Gasteiger partial charge in [-0.25, -0.2) is 0 Å². The summed E-state index contributed by atoms with van der Waals surface area (Å²) in [5, 5.41) is 0. The molecule has 1 amide bonds. The summed E-state index contributed by atoms with van der Waals surface area (Å²) >= 11 is 0. The van der Waals surface area contributed by atoms with Crippen molar-refractivity contribution in [1.29, 1.82) is 0 Å². The van der Waals surface area contributed by atoms with Crippen LogP contribution in [0, 0.1) is 6.92 Å². The molecule has 3 heteroatoms. The number of aryl methyl sites for hydroxylation is 1. The van der Waals surface area contributed by atoms with E-state index < -0.39 is 0 Å². The summed E-state index contributed by atoms with van der Waals surface area (Å²) in [7, 11) is 0. The Bertz CT molecular complexity index is 588. The molecular weight excluding hydrogens is 260 g/mol. The molecule has 0 radical (unpaired) electrons. The molecule has 2 N–H and O–H groups in total. The molecule has 0 bridgehead atoms. The van der Waals surface area contributed by atoms with Gasteiger partial charge >= 0.3 is 0 Å². The summed E-state index contributed by atoms with van der Waals surface area (Å²) in [6.07, 6.45) is 0.409. The molecule has 0 aliphatic heterocycles. The Kier molecular flexibility index (Phi) is 5.12. The molecule has 21 heavy (non-hydrogen) atoms. The van der Waals surface area contributed by atoms with Crippen molar-refractivity contribution in [3.05, 3.63) is 65.2 Å². The SMILES string of the molecule is CCN(C(=O)Cc1ccc(CN)cc1)c1ccc(C)cc1. The van der Waals surface area contributed by atoms with Crippen LogP contribution in [0.15, 0.2) is 48.5 Å². The molecule has 0 saturated carbocycles. The summed E-state index contributed by atoms with van der Waals surface area (Å²) in [4.78, 5) is 14.3. The van der Waals surface area contributed by atoms with E-state index in [9.17, 15) is 4.79 Å². The molecule has 0 aliphatic rings. The Labute approximate surface area is 126 Å².